The number of nitrogens with zero attached hydrogens (tertiary/aromatic N) is 2. The van der Waals surface area contributed by atoms with Gasteiger partial charge in [0.2, 0.25) is 0 Å². The van der Waals surface area contributed by atoms with Gasteiger partial charge in [-0.3, -0.25) is 9.36 Å². The summed E-state index contributed by atoms with van der Waals surface area (Å²) in [6.07, 6.45) is 7.34. The lowest BCUT2D eigenvalue weighted by molar-refractivity contribution is -0.685. The van der Waals surface area contributed by atoms with Crippen LogP contribution in [0.5, 0.6) is 0 Å². The van der Waals surface area contributed by atoms with Crippen molar-refractivity contribution < 1.29 is 4.57 Å². The summed E-state index contributed by atoms with van der Waals surface area (Å²) in [7, 11) is 0. The maximum absolute atomic E-state index is 13.7. The van der Waals surface area contributed by atoms with Crippen molar-refractivity contribution in [3.63, 3.8) is 0 Å². The monoisotopic (exact) mass is 539 g/mol. The van der Waals surface area contributed by atoms with Crippen LogP contribution in [0.2, 0.25) is 5.02 Å². The van der Waals surface area contributed by atoms with E-state index in [-0.39, 0.29) is 5.56 Å². The molecule has 1 aliphatic rings. The highest BCUT2D eigenvalue weighted by Crippen LogP contribution is 2.44. The molecular weight excluding hydrogens is 512 g/mol. The predicted octanol–water partition coefficient (Wildman–Crippen LogP) is 5.68. The van der Waals surface area contributed by atoms with Gasteiger partial charge in [0.25, 0.3) is 10.6 Å². The van der Waals surface area contributed by atoms with Gasteiger partial charge in [0.1, 0.15) is 9.20 Å². The molecule has 3 nitrogen and oxygen atoms in total. The van der Waals surface area contributed by atoms with Gasteiger partial charge >= 0.3 is 0 Å². The van der Waals surface area contributed by atoms with Crippen molar-refractivity contribution in [3.05, 3.63) is 101 Å². The summed E-state index contributed by atoms with van der Waals surface area (Å²) in [6, 6.07) is 16.6. The van der Waals surface area contributed by atoms with E-state index in [9.17, 15) is 4.79 Å². The van der Waals surface area contributed by atoms with Crippen LogP contribution in [0.4, 0.5) is 0 Å². The third-order valence-corrected chi connectivity index (χ3v) is 10.5. The molecule has 5 rings (SSSR count). The number of aryl methyl sites for hydroxylation is 1. The van der Waals surface area contributed by atoms with E-state index in [0.717, 1.165) is 49.9 Å². The molecule has 2 aromatic heterocycles. The zero-order valence-electron chi connectivity index (χ0n) is 19.9. The summed E-state index contributed by atoms with van der Waals surface area (Å²) in [6.45, 7) is 5.73. The molecule has 0 amide bonds. The summed E-state index contributed by atoms with van der Waals surface area (Å²) in [5, 5.41) is 4.03. The molecule has 1 aliphatic heterocycles. The first-order valence-electron chi connectivity index (χ1n) is 12.0. The Morgan fingerprint density at radius 1 is 1.14 bits per heavy atom. The molecule has 0 saturated carbocycles. The second kappa shape index (κ2) is 10.9. The standard InChI is InChI=1S/C28H28ClN2OS3/c1-3-20-13-14-21-11-8-12-22(29)25(21)35-26(20)27-28(32)31(4-2)24(34-27)17-23-30(15-16-33-23)18-19-9-6-5-7-10-19/h5-12,15-17,20H,3-4,13-14,18H2,1-2H3/q+1. The van der Waals surface area contributed by atoms with Crippen molar-refractivity contribution in [1.82, 2.24) is 4.57 Å². The normalized spacial score (nSPS) is 17.9. The van der Waals surface area contributed by atoms with Crippen molar-refractivity contribution in [3.8, 4) is 0 Å². The fraction of sp³-hybridized carbons (Fsp3) is 0.286. The SMILES string of the molecule is CCC1CCc2cccc(Cl)c2SC1=c1sc(=Cc2scc[n+]2Cc2ccccc2)n(CC)c1=O. The van der Waals surface area contributed by atoms with Crippen molar-refractivity contribution in [2.75, 3.05) is 0 Å². The van der Waals surface area contributed by atoms with Gasteiger partial charge in [0.05, 0.1) is 16.5 Å². The molecule has 7 heteroatoms. The molecule has 1 unspecified atom stereocenters. The number of hydrogen-bond acceptors (Lipinski definition) is 4. The zero-order chi connectivity index (χ0) is 24.4. The lowest BCUT2D eigenvalue weighted by Gasteiger charge is -2.14. The van der Waals surface area contributed by atoms with E-state index < -0.39 is 0 Å². The van der Waals surface area contributed by atoms with Gasteiger partial charge in [-0.25, -0.2) is 0 Å². The van der Waals surface area contributed by atoms with Crippen LogP contribution in [-0.4, -0.2) is 4.57 Å². The number of benzene rings is 2. The number of thiazole rings is 2. The summed E-state index contributed by atoms with van der Waals surface area (Å²) < 4.78 is 6.05. The van der Waals surface area contributed by atoms with Crippen LogP contribution in [0, 0.1) is 5.92 Å². The first kappa shape index (κ1) is 24.6. The third kappa shape index (κ3) is 5.08. The zero-order valence-corrected chi connectivity index (χ0v) is 23.1. The van der Waals surface area contributed by atoms with Gasteiger partial charge in [0, 0.05) is 21.9 Å². The molecule has 180 valence electrons. The van der Waals surface area contributed by atoms with Crippen LogP contribution in [0.3, 0.4) is 0 Å². The molecule has 0 aliphatic carbocycles. The van der Waals surface area contributed by atoms with Crippen molar-refractivity contribution in [1.29, 1.82) is 0 Å². The maximum Gasteiger partial charge on any atom is 0.269 e. The second-order valence-electron chi connectivity index (χ2n) is 8.66. The molecule has 1 atom stereocenters. The van der Waals surface area contributed by atoms with Crippen molar-refractivity contribution in [2.24, 2.45) is 5.92 Å². The minimum absolute atomic E-state index is 0.117. The molecule has 0 N–H and O–H groups in total. The number of thioether (sulfide) groups is 1. The first-order valence-corrected chi connectivity index (χ1v) is 14.9. The minimum Gasteiger partial charge on any atom is -0.299 e. The Balaban J connectivity index is 1.65. The van der Waals surface area contributed by atoms with Crippen LogP contribution >= 0.6 is 46.0 Å². The summed E-state index contributed by atoms with van der Waals surface area (Å²) >= 11 is 11.7. The molecule has 0 bridgehead atoms. The van der Waals surface area contributed by atoms with Crippen LogP contribution in [0.15, 0.2) is 69.8 Å². The Labute approximate surface area is 223 Å². The van der Waals surface area contributed by atoms with Gasteiger partial charge in [-0.05, 0) is 43.7 Å². The van der Waals surface area contributed by atoms with E-state index in [4.69, 9.17) is 11.6 Å². The van der Waals surface area contributed by atoms with E-state index >= 15 is 0 Å². The molecular formula is C28H28ClN2OS3+. The number of fused-ring (bicyclic) bond motifs is 1. The van der Waals surface area contributed by atoms with E-state index in [1.165, 1.54) is 16.0 Å². The fourth-order valence-electron chi connectivity index (χ4n) is 4.58. The van der Waals surface area contributed by atoms with Crippen molar-refractivity contribution >= 4 is 57.0 Å². The largest absolute Gasteiger partial charge is 0.299 e. The molecule has 0 radical (unpaired) electrons. The Hall–Kier alpha value is -2.12. The van der Waals surface area contributed by atoms with Gasteiger partial charge in [-0.2, -0.15) is 4.57 Å². The average Bonchev–Trinajstić information content (AvgIpc) is 3.36. The smallest absolute Gasteiger partial charge is 0.269 e. The van der Waals surface area contributed by atoms with Gasteiger partial charge in [-0.1, -0.05) is 84.1 Å². The van der Waals surface area contributed by atoms with Crippen LogP contribution in [0.1, 0.15) is 42.8 Å². The van der Waals surface area contributed by atoms with E-state index in [1.54, 1.807) is 34.4 Å². The number of aromatic nitrogens is 2. The van der Waals surface area contributed by atoms with Crippen molar-refractivity contribution in [2.45, 2.75) is 51.1 Å². The Kier molecular flexibility index (Phi) is 7.63. The number of hydrogen-bond donors (Lipinski definition) is 0. The maximum atomic E-state index is 13.7. The van der Waals surface area contributed by atoms with Crippen LogP contribution in [-0.2, 0) is 19.5 Å². The van der Waals surface area contributed by atoms with Crippen LogP contribution in [0.25, 0.3) is 11.0 Å². The Bertz CT molecular complexity index is 1520. The molecule has 3 heterocycles. The minimum atomic E-state index is 0.117. The number of rotatable bonds is 5. The third-order valence-electron chi connectivity index (χ3n) is 6.49. The first-order chi connectivity index (χ1) is 17.1. The average molecular weight is 540 g/mol. The lowest BCUT2D eigenvalue weighted by atomic mass is 9.97. The summed E-state index contributed by atoms with van der Waals surface area (Å²) in [4.78, 5) is 16.0. The Morgan fingerprint density at radius 3 is 2.74 bits per heavy atom. The number of halogens is 1. The quantitative estimate of drug-likeness (QED) is 0.305. The van der Waals surface area contributed by atoms with Gasteiger partial charge < -0.3 is 0 Å². The second-order valence-corrected chi connectivity index (χ2v) is 12.1. The van der Waals surface area contributed by atoms with E-state index in [2.05, 4.69) is 66.4 Å². The molecule has 35 heavy (non-hydrogen) atoms. The van der Waals surface area contributed by atoms with Gasteiger partial charge in [-0.15, -0.1) is 11.3 Å². The predicted molar refractivity (Wildman–Crippen MR) is 150 cm³/mol. The molecule has 2 aromatic carbocycles. The molecule has 0 fully saturated rings. The lowest BCUT2D eigenvalue weighted by Crippen LogP contribution is -2.36. The summed E-state index contributed by atoms with van der Waals surface area (Å²) in [5.41, 5.74) is 2.67. The Morgan fingerprint density at radius 2 is 1.97 bits per heavy atom. The highest BCUT2D eigenvalue weighted by Gasteiger charge is 2.25. The fourth-order valence-corrected chi connectivity index (χ4v) is 8.48. The highest BCUT2D eigenvalue weighted by atomic mass is 35.5. The van der Waals surface area contributed by atoms with E-state index in [1.807, 2.05) is 22.8 Å². The van der Waals surface area contributed by atoms with Gasteiger partial charge in [0.15, 0.2) is 12.7 Å². The van der Waals surface area contributed by atoms with Crippen LogP contribution < -0.4 is 19.3 Å². The van der Waals surface area contributed by atoms with E-state index in [0.29, 0.717) is 12.5 Å². The molecule has 4 aromatic rings. The summed E-state index contributed by atoms with van der Waals surface area (Å²) in [5.74, 6) is 0.359. The topological polar surface area (TPSA) is 25.9 Å². The highest BCUT2D eigenvalue weighted by molar-refractivity contribution is 8.08. The molecule has 0 spiro atoms. The molecule has 0 saturated heterocycles.